The fourth-order valence-electron chi connectivity index (χ4n) is 2.83. The third kappa shape index (κ3) is 3.86. The molecule has 2 aromatic carbocycles. The van der Waals surface area contributed by atoms with Crippen LogP contribution in [0.15, 0.2) is 48.7 Å². The molecule has 1 amide bonds. The van der Waals surface area contributed by atoms with Gasteiger partial charge in [0.15, 0.2) is 0 Å². The Morgan fingerprint density at radius 2 is 2.00 bits per heavy atom. The normalized spacial score (nSPS) is 11.1. The van der Waals surface area contributed by atoms with Crippen molar-refractivity contribution in [3.8, 4) is 10.6 Å². The molecule has 1 N–H and O–H groups in total. The Balaban J connectivity index is 1.48. The maximum absolute atomic E-state index is 12.2. The number of carbonyl (C=O) groups is 1. The standard InChI is InChI=1S/C20H17ClN4OS/c1-12-3-8-16-18(9-12)27-20(23-16)13-4-6-14(7-5-13)22-19(26)10-17-15(21)11-25(2)24-17/h3-9,11H,10H2,1-2H3,(H,22,26). The zero-order valence-corrected chi connectivity index (χ0v) is 16.4. The van der Waals surface area contributed by atoms with E-state index in [1.807, 2.05) is 30.3 Å². The summed E-state index contributed by atoms with van der Waals surface area (Å²) in [7, 11) is 1.77. The molecule has 2 aromatic heterocycles. The van der Waals surface area contributed by atoms with E-state index in [-0.39, 0.29) is 12.3 Å². The zero-order chi connectivity index (χ0) is 19.0. The molecule has 0 bridgehead atoms. The maximum Gasteiger partial charge on any atom is 0.230 e. The van der Waals surface area contributed by atoms with Gasteiger partial charge in [-0.1, -0.05) is 17.7 Å². The second kappa shape index (κ2) is 7.13. The van der Waals surface area contributed by atoms with Crippen molar-refractivity contribution in [2.45, 2.75) is 13.3 Å². The molecule has 27 heavy (non-hydrogen) atoms. The van der Waals surface area contributed by atoms with Crippen molar-refractivity contribution < 1.29 is 4.79 Å². The third-order valence-electron chi connectivity index (χ3n) is 4.14. The highest BCUT2D eigenvalue weighted by atomic mass is 35.5. The van der Waals surface area contributed by atoms with E-state index in [0.29, 0.717) is 10.7 Å². The number of carbonyl (C=O) groups excluding carboxylic acids is 1. The largest absolute Gasteiger partial charge is 0.326 e. The summed E-state index contributed by atoms with van der Waals surface area (Å²) in [5.74, 6) is -0.154. The van der Waals surface area contributed by atoms with Crippen LogP contribution in [0.5, 0.6) is 0 Å². The van der Waals surface area contributed by atoms with Crippen molar-refractivity contribution in [1.29, 1.82) is 0 Å². The summed E-state index contributed by atoms with van der Waals surface area (Å²) in [5, 5.41) is 8.53. The number of nitrogens with one attached hydrogen (secondary N) is 1. The van der Waals surface area contributed by atoms with E-state index in [2.05, 4.69) is 34.5 Å². The number of anilines is 1. The lowest BCUT2D eigenvalue weighted by Crippen LogP contribution is -2.15. The molecule has 0 aliphatic heterocycles. The SMILES string of the molecule is Cc1ccc2nc(-c3ccc(NC(=O)Cc4nn(C)cc4Cl)cc3)sc2c1. The van der Waals surface area contributed by atoms with Crippen LogP contribution in [0.25, 0.3) is 20.8 Å². The van der Waals surface area contributed by atoms with E-state index < -0.39 is 0 Å². The second-order valence-corrected chi connectivity index (χ2v) is 7.83. The number of aryl methyl sites for hydroxylation is 2. The van der Waals surface area contributed by atoms with Crippen LogP contribution in [-0.2, 0) is 18.3 Å². The molecule has 0 spiro atoms. The summed E-state index contributed by atoms with van der Waals surface area (Å²) in [5.41, 5.74) is 4.56. The van der Waals surface area contributed by atoms with Gasteiger partial charge in [-0.2, -0.15) is 5.10 Å². The second-order valence-electron chi connectivity index (χ2n) is 6.39. The van der Waals surface area contributed by atoms with Gasteiger partial charge in [0, 0.05) is 24.5 Å². The molecular weight excluding hydrogens is 380 g/mol. The minimum atomic E-state index is -0.154. The van der Waals surface area contributed by atoms with E-state index in [0.717, 1.165) is 21.8 Å². The Bertz CT molecular complexity index is 1130. The number of hydrogen-bond acceptors (Lipinski definition) is 4. The molecule has 7 heteroatoms. The Morgan fingerprint density at radius 1 is 1.22 bits per heavy atom. The molecule has 0 aliphatic rings. The molecule has 0 fully saturated rings. The zero-order valence-electron chi connectivity index (χ0n) is 14.9. The third-order valence-corrected chi connectivity index (χ3v) is 5.52. The van der Waals surface area contributed by atoms with Crippen LogP contribution in [0.2, 0.25) is 5.02 Å². The summed E-state index contributed by atoms with van der Waals surface area (Å²) in [6.45, 7) is 2.08. The minimum Gasteiger partial charge on any atom is -0.326 e. The number of fused-ring (bicyclic) bond motifs is 1. The first-order valence-electron chi connectivity index (χ1n) is 8.43. The quantitative estimate of drug-likeness (QED) is 0.537. The van der Waals surface area contributed by atoms with Crippen LogP contribution in [0.1, 0.15) is 11.3 Å². The summed E-state index contributed by atoms with van der Waals surface area (Å²) < 4.78 is 2.77. The number of benzene rings is 2. The predicted molar refractivity (Wildman–Crippen MR) is 110 cm³/mol. The average molecular weight is 397 g/mol. The van der Waals surface area contributed by atoms with E-state index in [4.69, 9.17) is 11.6 Å². The first-order chi connectivity index (χ1) is 13.0. The van der Waals surface area contributed by atoms with Gasteiger partial charge in [-0.05, 0) is 48.9 Å². The molecule has 5 nitrogen and oxygen atoms in total. The van der Waals surface area contributed by atoms with Gasteiger partial charge in [-0.3, -0.25) is 9.48 Å². The number of amides is 1. The van der Waals surface area contributed by atoms with Crippen molar-refractivity contribution >= 4 is 44.7 Å². The van der Waals surface area contributed by atoms with Gasteiger partial charge in [0.2, 0.25) is 5.91 Å². The number of hydrogen-bond donors (Lipinski definition) is 1. The topological polar surface area (TPSA) is 59.8 Å². The van der Waals surface area contributed by atoms with Gasteiger partial charge in [-0.25, -0.2) is 4.98 Å². The van der Waals surface area contributed by atoms with Crippen molar-refractivity contribution in [2.75, 3.05) is 5.32 Å². The van der Waals surface area contributed by atoms with Crippen molar-refractivity contribution in [2.24, 2.45) is 7.05 Å². The van der Waals surface area contributed by atoms with E-state index in [1.165, 1.54) is 10.3 Å². The highest BCUT2D eigenvalue weighted by Gasteiger charge is 2.12. The summed E-state index contributed by atoms with van der Waals surface area (Å²) in [6.07, 6.45) is 1.82. The van der Waals surface area contributed by atoms with E-state index >= 15 is 0 Å². The fourth-order valence-corrected chi connectivity index (χ4v) is 4.15. The number of nitrogens with zero attached hydrogens (tertiary/aromatic N) is 3. The number of thiazole rings is 1. The molecule has 4 rings (SSSR count). The van der Waals surface area contributed by atoms with Crippen LogP contribution in [0.4, 0.5) is 5.69 Å². The Kier molecular flexibility index (Phi) is 4.68. The molecule has 0 aliphatic carbocycles. The molecule has 0 atom stereocenters. The molecule has 0 saturated heterocycles. The smallest absolute Gasteiger partial charge is 0.230 e. The van der Waals surface area contributed by atoms with Crippen LogP contribution in [0, 0.1) is 6.92 Å². The Labute approximate surface area is 165 Å². The van der Waals surface area contributed by atoms with Gasteiger partial charge >= 0.3 is 0 Å². The number of rotatable bonds is 4. The Morgan fingerprint density at radius 3 is 2.70 bits per heavy atom. The van der Waals surface area contributed by atoms with E-state index in [9.17, 15) is 4.79 Å². The number of halogens is 1. The minimum absolute atomic E-state index is 0.138. The lowest BCUT2D eigenvalue weighted by atomic mass is 10.2. The monoisotopic (exact) mass is 396 g/mol. The first-order valence-corrected chi connectivity index (χ1v) is 9.63. The lowest BCUT2D eigenvalue weighted by Gasteiger charge is -2.05. The van der Waals surface area contributed by atoms with Crippen LogP contribution in [0.3, 0.4) is 0 Å². The molecular formula is C20H17ClN4OS. The molecule has 4 aromatic rings. The summed E-state index contributed by atoms with van der Waals surface area (Å²) in [4.78, 5) is 16.9. The predicted octanol–water partition coefficient (Wildman–Crippen LogP) is 4.84. The number of aromatic nitrogens is 3. The molecule has 0 unspecified atom stereocenters. The molecule has 0 radical (unpaired) electrons. The summed E-state index contributed by atoms with van der Waals surface area (Å²) in [6, 6.07) is 13.9. The van der Waals surface area contributed by atoms with Crippen molar-refractivity contribution in [1.82, 2.24) is 14.8 Å². The average Bonchev–Trinajstić information content (AvgIpc) is 3.17. The lowest BCUT2D eigenvalue weighted by molar-refractivity contribution is -0.115. The van der Waals surface area contributed by atoms with Crippen LogP contribution < -0.4 is 5.32 Å². The Hall–Kier alpha value is -2.70. The van der Waals surface area contributed by atoms with Gasteiger partial charge in [0.05, 0.1) is 27.4 Å². The van der Waals surface area contributed by atoms with E-state index in [1.54, 1.807) is 29.3 Å². The molecule has 0 saturated carbocycles. The molecule has 136 valence electrons. The summed E-state index contributed by atoms with van der Waals surface area (Å²) >= 11 is 7.72. The van der Waals surface area contributed by atoms with Crippen molar-refractivity contribution in [3.05, 3.63) is 64.9 Å². The van der Waals surface area contributed by atoms with Crippen molar-refractivity contribution in [3.63, 3.8) is 0 Å². The fraction of sp³-hybridized carbons (Fsp3) is 0.150. The van der Waals surface area contributed by atoms with Gasteiger partial charge in [0.25, 0.3) is 0 Å². The highest BCUT2D eigenvalue weighted by Crippen LogP contribution is 2.31. The van der Waals surface area contributed by atoms with Gasteiger partial charge in [0.1, 0.15) is 5.01 Å². The van der Waals surface area contributed by atoms with Gasteiger partial charge in [-0.15, -0.1) is 11.3 Å². The van der Waals surface area contributed by atoms with Crippen LogP contribution in [-0.4, -0.2) is 20.7 Å². The maximum atomic E-state index is 12.2. The van der Waals surface area contributed by atoms with Crippen LogP contribution >= 0.6 is 22.9 Å². The van der Waals surface area contributed by atoms with Gasteiger partial charge < -0.3 is 5.32 Å². The highest BCUT2D eigenvalue weighted by molar-refractivity contribution is 7.21. The first kappa shape index (κ1) is 17.7. The molecule has 2 heterocycles.